The van der Waals surface area contributed by atoms with E-state index < -0.39 is 0 Å². The van der Waals surface area contributed by atoms with Crippen LogP contribution in [0, 0.1) is 5.82 Å². The molecule has 3 rings (SSSR count). The normalized spacial score (nSPS) is 21.4. The molecule has 104 valence electrons. The van der Waals surface area contributed by atoms with Crippen molar-refractivity contribution in [3.05, 3.63) is 62.8 Å². The van der Waals surface area contributed by atoms with E-state index in [4.69, 9.17) is 0 Å². The fourth-order valence-electron chi connectivity index (χ4n) is 2.57. The van der Waals surface area contributed by atoms with Gasteiger partial charge in [-0.3, -0.25) is 0 Å². The van der Waals surface area contributed by atoms with Crippen LogP contribution >= 0.6 is 31.9 Å². The Morgan fingerprint density at radius 2 is 1.70 bits per heavy atom. The SMILES string of the molecule is Fc1ccc(C2CC(Nc3ccc(Br)cc3Br)C2)cc1. The van der Waals surface area contributed by atoms with Crippen LogP contribution < -0.4 is 5.32 Å². The van der Waals surface area contributed by atoms with Gasteiger partial charge < -0.3 is 5.32 Å². The van der Waals surface area contributed by atoms with Crippen LogP contribution in [0.3, 0.4) is 0 Å². The molecule has 0 heterocycles. The van der Waals surface area contributed by atoms with Gasteiger partial charge in [0.05, 0.1) is 0 Å². The van der Waals surface area contributed by atoms with Crippen molar-refractivity contribution in [1.82, 2.24) is 0 Å². The first-order chi connectivity index (χ1) is 9.61. The third-order valence-corrected chi connectivity index (χ3v) is 4.92. The maximum absolute atomic E-state index is 12.9. The number of benzene rings is 2. The number of hydrogen-bond donors (Lipinski definition) is 1. The zero-order valence-corrected chi connectivity index (χ0v) is 13.9. The lowest BCUT2D eigenvalue weighted by Crippen LogP contribution is -2.34. The molecule has 1 fully saturated rings. The molecule has 0 aromatic heterocycles. The second-order valence-corrected chi connectivity index (χ2v) is 6.96. The number of anilines is 1. The molecule has 2 aromatic rings. The number of halogens is 3. The summed E-state index contributed by atoms with van der Waals surface area (Å²) in [6, 6.07) is 13.5. The van der Waals surface area contributed by atoms with E-state index in [1.807, 2.05) is 24.3 Å². The number of rotatable bonds is 3. The van der Waals surface area contributed by atoms with E-state index in [1.165, 1.54) is 5.56 Å². The summed E-state index contributed by atoms with van der Waals surface area (Å²) in [5, 5.41) is 3.54. The fraction of sp³-hybridized carbons (Fsp3) is 0.250. The zero-order valence-electron chi connectivity index (χ0n) is 10.7. The number of hydrogen-bond acceptors (Lipinski definition) is 1. The Hall–Kier alpha value is -0.870. The minimum Gasteiger partial charge on any atom is -0.381 e. The lowest BCUT2D eigenvalue weighted by molar-refractivity contribution is 0.374. The van der Waals surface area contributed by atoms with Crippen LogP contribution in [-0.2, 0) is 0 Å². The fourth-order valence-corrected chi connectivity index (χ4v) is 3.73. The Morgan fingerprint density at radius 1 is 1.00 bits per heavy atom. The van der Waals surface area contributed by atoms with E-state index in [0.717, 1.165) is 27.5 Å². The van der Waals surface area contributed by atoms with Crippen LogP contribution in [0.1, 0.15) is 24.3 Å². The summed E-state index contributed by atoms with van der Waals surface area (Å²) in [5.41, 5.74) is 2.36. The van der Waals surface area contributed by atoms with Crippen LogP contribution in [0.5, 0.6) is 0 Å². The highest BCUT2D eigenvalue weighted by Crippen LogP contribution is 2.39. The molecule has 0 amide bonds. The first-order valence-electron chi connectivity index (χ1n) is 6.59. The van der Waals surface area contributed by atoms with E-state index in [0.29, 0.717) is 12.0 Å². The van der Waals surface area contributed by atoms with Crippen molar-refractivity contribution in [2.45, 2.75) is 24.8 Å². The molecular weight excluding hydrogens is 385 g/mol. The minimum absolute atomic E-state index is 0.165. The molecule has 1 nitrogen and oxygen atoms in total. The molecule has 1 saturated carbocycles. The highest BCUT2D eigenvalue weighted by atomic mass is 79.9. The third-order valence-electron chi connectivity index (χ3n) is 3.77. The van der Waals surface area contributed by atoms with Crippen molar-refractivity contribution in [1.29, 1.82) is 0 Å². The van der Waals surface area contributed by atoms with E-state index in [1.54, 1.807) is 12.1 Å². The Kier molecular flexibility index (Phi) is 4.13. The molecule has 0 bridgehead atoms. The van der Waals surface area contributed by atoms with E-state index in [-0.39, 0.29) is 5.82 Å². The van der Waals surface area contributed by atoms with E-state index >= 15 is 0 Å². The minimum atomic E-state index is -0.165. The van der Waals surface area contributed by atoms with Gasteiger partial charge in [0.2, 0.25) is 0 Å². The summed E-state index contributed by atoms with van der Waals surface area (Å²) in [5.74, 6) is 0.379. The highest BCUT2D eigenvalue weighted by Gasteiger charge is 2.30. The Morgan fingerprint density at radius 3 is 2.35 bits per heavy atom. The molecule has 4 heteroatoms. The average molecular weight is 399 g/mol. The van der Waals surface area contributed by atoms with E-state index in [9.17, 15) is 4.39 Å². The Labute approximate surface area is 134 Å². The molecule has 0 atom stereocenters. The molecule has 0 saturated heterocycles. The lowest BCUT2D eigenvalue weighted by Gasteiger charge is -2.37. The lowest BCUT2D eigenvalue weighted by atomic mass is 9.76. The van der Waals surface area contributed by atoms with Crippen LogP contribution in [0.4, 0.5) is 10.1 Å². The van der Waals surface area contributed by atoms with Gasteiger partial charge in [-0.2, -0.15) is 0 Å². The Balaban J connectivity index is 1.59. The molecule has 20 heavy (non-hydrogen) atoms. The summed E-state index contributed by atoms with van der Waals surface area (Å²) in [7, 11) is 0. The van der Waals surface area contributed by atoms with Crippen LogP contribution in [-0.4, -0.2) is 6.04 Å². The van der Waals surface area contributed by atoms with Gasteiger partial charge in [0.1, 0.15) is 5.82 Å². The van der Waals surface area contributed by atoms with Gasteiger partial charge in [-0.05, 0) is 70.6 Å². The maximum atomic E-state index is 12.9. The highest BCUT2D eigenvalue weighted by molar-refractivity contribution is 9.11. The molecule has 2 aromatic carbocycles. The number of nitrogens with one attached hydrogen (secondary N) is 1. The van der Waals surface area contributed by atoms with Crippen LogP contribution in [0.25, 0.3) is 0 Å². The Bertz CT molecular complexity index is 606. The van der Waals surface area contributed by atoms with E-state index in [2.05, 4.69) is 43.2 Å². The van der Waals surface area contributed by atoms with Crippen molar-refractivity contribution in [3.8, 4) is 0 Å². The van der Waals surface area contributed by atoms with Gasteiger partial charge in [0.15, 0.2) is 0 Å². The molecule has 0 radical (unpaired) electrons. The predicted octanol–water partition coefficient (Wildman–Crippen LogP) is 5.71. The molecule has 0 spiro atoms. The maximum Gasteiger partial charge on any atom is 0.123 e. The van der Waals surface area contributed by atoms with Crippen molar-refractivity contribution in [3.63, 3.8) is 0 Å². The van der Waals surface area contributed by atoms with Gasteiger partial charge in [0.25, 0.3) is 0 Å². The van der Waals surface area contributed by atoms with Crippen LogP contribution in [0.15, 0.2) is 51.4 Å². The standard InChI is InChI=1S/C16H14Br2FN/c17-12-3-6-16(15(18)9-12)20-14-7-11(8-14)10-1-4-13(19)5-2-10/h1-6,9,11,14,20H,7-8H2. The third kappa shape index (κ3) is 3.07. The van der Waals surface area contributed by atoms with Gasteiger partial charge in [-0.25, -0.2) is 4.39 Å². The molecule has 1 aliphatic carbocycles. The molecule has 0 aliphatic heterocycles. The average Bonchev–Trinajstić information content (AvgIpc) is 2.37. The summed E-state index contributed by atoms with van der Waals surface area (Å²) >= 11 is 7.01. The largest absolute Gasteiger partial charge is 0.381 e. The molecular formula is C16H14Br2FN. The monoisotopic (exact) mass is 397 g/mol. The molecule has 1 aliphatic rings. The topological polar surface area (TPSA) is 12.0 Å². The van der Waals surface area contributed by atoms with Gasteiger partial charge >= 0.3 is 0 Å². The predicted molar refractivity (Wildman–Crippen MR) is 87.6 cm³/mol. The quantitative estimate of drug-likeness (QED) is 0.698. The van der Waals surface area contributed by atoms with Gasteiger partial charge in [-0.1, -0.05) is 28.1 Å². The van der Waals surface area contributed by atoms with Gasteiger partial charge in [-0.15, -0.1) is 0 Å². The van der Waals surface area contributed by atoms with Gasteiger partial charge in [0, 0.05) is 20.7 Å². The summed E-state index contributed by atoms with van der Waals surface area (Å²) in [6.07, 6.45) is 2.18. The first kappa shape index (κ1) is 14.1. The van der Waals surface area contributed by atoms with Crippen molar-refractivity contribution < 1.29 is 4.39 Å². The zero-order chi connectivity index (χ0) is 14.1. The van der Waals surface area contributed by atoms with Crippen molar-refractivity contribution in [2.75, 3.05) is 5.32 Å². The summed E-state index contributed by atoms with van der Waals surface area (Å²) in [6.45, 7) is 0. The second kappa shape index (κ2) is 5.86. The van der Waals surface area contributed by atoms with Crippen molar-refractivity contribution in [2.24, 2.45) is 0 Å². The molecule has 1 N–H and O–H groups in total. The summed E-state index contributed by atoms with van der Waals surface area (Å²) < 4.78 is 15.0. The first-order valence-corrected chi connectivity index (χ1v) is 8.17. The molecule has 0 unspecified atom stereocenters. The second-order valence-electron chi connectivity index (χ2n) is 5.19. The van der Waals surface area contributed by atoms with Crippen molar-refractivity contribution >= 4 is 37.5 Å². The smallest absolute Gasteiger partial charge is 0.123 e. The summed E-state index contributed by atoms with van der Waals surface area (Å²) in [4.78, 5) is 0. The van der Waals surface area contributed by atoms with Crippen LogP contribution in [0.2, 0.25) is 0 Å².